The van der Waals surface area contributed by atoms with Crippen LogP contribution in [0.5, 0.6) is 11.5 Å². The number of nitrogens with one attached hydrogen (secondary N) is 2. The maximum atomic E-state index is 11.7. The van der Waals surface area contributed by atoms with Gasteiger partial charge in [0.05, 0.1) is 14.2 Å². The van der Waals surface area contributed by atoms with Crippen molar-refractivity contribution in [3.63, 3.8) is 0 Å². The van der Waals surface area contributed by atoms with Crippen LogP contribution in [0.1, 0.15) is 19.4 Å². The molecule has 0 spiro atoms. The lowest BCUT2D eigenvalue weighted by Crippen LogP contribution is -2.52. The Morgan fingerprint density at radius 3 is 2.34 bits per heavy atom. The fourth-order valence-corrected chi connectivity index (χ4v) is 3.19. The van der Waals surface area contributed by atoms with Crippen molar-refractivity contribution < 1.29 is 14.3 Å². The van der Waals surface area contributed by atoms with Crippen molar-refractivity contribution in [3.05, 3.63) is 23.8 Å². The van der Waals surface area contributed by atoms with Crippen molar-refractivity contribution in [1.82, 2.24) is 20.4 Å². The van der Waals surface area contributed by atoms with Crippen molar-refractivity contribution in [2.24, 2.45) is 4.99 Å². The van der Waals surface area contributed by atoms with Gasteiger partial charge in [-0.3, -0.25) is 9.69 Å². The smallest absolute Gasteiger partial charge is 0.241 e. The number of likely N-dealkylation sites (N-methyl/N-ethyl adjacent to an activating group) is 1. The van der Waals surface area contributed by atoms with E-state index in [-0.39, 0.29) is 36.4 Å². The molecule has 1 aliphatic heterocycles. The lowest BCUT2D eigenvalue weighted by atomic mass is 10.1. The van der Waals surface area contributed by atoms with Crippen LogP contribution in [0, 0.1) is 0 Å². The Morgan fingerprint density at radius 2 is 1.76 bits per heavy atom. The third-order valence-corrected chi connectivity index (χ3v) is 4.63. The van der Waals surface area contributed by atoms with Gasteiger partial charge in [0, 0.05) is 51.4 Å². The zero-order valence-corrected chi connectivity index (χ0v) is 20.2. The largest absolute Gasteiger partial charge is 0.497 e. The van der Waals surface area contributed by atoms with Gasteiger partial charge in [0.2, 0.25) is 5.91 Å². The van der Waals surface area contributed by atoms with Crippen LogP contribution in [0.2, 0.25) is 0 Å². The molecule has 1 aliphatic rings. The lowest BCUT2D eigenvalue weighted by Gasteiger charge is -2.36. The lowest BCUT2D eigenvalue weighted by molar-refractivity contribution is -0.119. The maximum Gasteiger partial charge on any atom is 0.241 e. The van der Waals surface area contributed by atoms with Gasteiger partial charge in [0.1, 0.15) is 18.0 Å². The summed E-state index contributed by atoms with van der Waals surface area (Å²) in [4.78, 5) is 20.8. The van der Waals surface area contributed by atoms with E-state index in [2.05, 4.69) is 25.4 Å². The van der Waals surface area contributed by atoms with Gasteiger partial charge < -0.3 is 25.0 Å². The molecule has 1 fully saturated rings. The van der Waals surface area contributed by atoms with E-state index in [1.54, 1.807) is 14.2 Å². The highest BCUT2D eigenvalue weighted by Crippen LogP contribution is 2.25. The Hall–Kier alpha value is -1.75. The van der Waals surface area contributed by atoms with Crippen LogP contribution in [0.3, 0.4) is 0 Å². The second kappa shape index (κ2) is 13.5. The first-order valence-electron chi connectivity index (χ1n) is 9.84. The van der Waals surface area contributed by atoms with E-state index in [1.165, 1.54) is 0 Å². The van der Waals surface area contributed by atoms with E-state index in [0.29, 0.717) is 6.54 Å². The van der Waals surface area contributed by atoms with E-state index < -0.39 is 0 Å². The summed E-state index contributed by atoms with van der Waals surface area (Å²) in [5.41, 5.74) is 1.12. The molecule has 9 heteroatoms. The zero-order chi connectivity index (χ0) is 20.4. The van der Waals surface area contributed by atoms with Gasteiger partial charge in [-0.2, -0.15) is 0 Å². The van der Waals surface area contributed by atoms with E-state index in [4.69, 9.17) is 9.47 Å². The van der Waals surface area contributed by atoms with Gasteiger partial charge in [-0.1, -0.05) is 0 Å². The molecule has 0 aliphatic carbocycles. The van der Waals surface area contributed by atoms with Crippen molar-refractivity contribution in [2.75, 3.05) is 60.0 Å². The van der Waals surface area contributed by atoms with Crippen LogP contribution in [-0.2, 0) is 11.3 Å². The summed E-state index contributed by atoms with van der Waals surface area (Å²) >= 11 is 0. The quantitative estimate of drug-likeness (QED) is 0.309. The highest BCUT2D eigenvalue weighted by molar-refractivity contribution is 14.0. The van der Waals surface area contributed by atoms with Crippen LogP contribution in [0.4, 0.5) is 0 Å². The van der Waals surface area contributed by atoms with Crippen LogP contribution in [0.25, 0.3) is 0 Å². The minimum absolute atomic E-state index is 0. The number of amides is 1. The standard InChI is InChI=1S/C20H33N5O3.HI/c1-5-21-19(26)14-23-20(22-6-2)25-11-9-24(10-12-25)15-16-13-17(27-3)7-8-18(16)28-4;/h7-8,13H,5-6,9-12,14-15H2,1-4H3,(H,21,26)(H,22,23);1H. The number of hydrogen-bond donors (Lipinski definition) is 2. The van der Waals surface area contributed by atoms with Gasteiger partial charge in [-0.25, -0.2) is 4.99 Å². The number of benzene rings is 1. The highest BCUT2D eigenvalue weighted by atomic mass is 127. The molecule has 1 saturated heterocycles. The number of carbonyl (C=O) groups excluding carboxylic acids is 1. The van der Waals surface area contributed by atoms with Crippen molar-refractivity contribution >= 4 is 35.8 Å². The Morgan fingerprint density at radius 1 is 1.07 bits per heavy atom. The summed E-state index contributed by atoms with van der Waals surface area (Å²) in [5.74, 6) is 2.45. The molecular weight excluding hydrogens is 485 g/mol. The molecule has 0 bridgehead atoms. The predicted molar refractivity (Wildman–Crippen MR) is 126 cm³/mol. The second-order valence-electron chi connectivity index (χ2n) is 6.56. The molecule has 0 aromatic heterocycles. The Bertz CT molecular complexity index is 664. The summed E-state index contributed by atoms with van der Waals surface area (Å²) in [6, 6.07) is 5.89. The van der Waals surface area contributed by atoms with Crippen molar-refractivity contribution in [2.45, 2.75) is 20.4 Å². The summed E-state index contributed by atoms with van der Waals surface area (Å²) in [7, 11) is 3.36. The molecule has 0 radical (unpaired) electrons. The molecule has 0 unspecified atom stereocenters. The van der Waals surface area contributed by atoms with E-state index in [1.807, 2.05) is 32.0 Å². The van der Waals surface area contributed by atoms with Gasteiger partial charge in [0.15, 0.2) is 5.96 Å². The van der Waals surface area contributed by atoms with E-state index >= 15 is 0 Å². The fourth-order valence-electron chi connectivity index (χ4n) is 3.19. The highest BCUT2D eigenvalue weighted by Gasteiger charge is 2.21. The minimum Gasteiger partial charge on any atom is -0.497 e. The number of nitrogens with zero attached hydrogens (tertiary/aromatic N) is 3. The number of ether oxygens (including phenoxy) is 2. The third-order valence-electron chi connectivity index (χ3n) is 4.63. The molecule has 8 nitrogen and oxygen atoms in total. The summed E-state index contributed by atoms with van der Waals surface area (Å²) in [5, 5.41) is 6.07. The predicted octanol–water partition coefficient (Wildman–Crippen LogP) is 1.54. The van der Waals surface area contributed by atoms with Crippen LogP contribution < -0.4 is 20.1 Å². The first-order chi connectivity index (χ1) is 13.6. The Balaban J connectivity index is 0.00000420. The topological polar surface area (TPSA) is 78.4 Å². The first-order valence-corrected chi connectivity index (χ1v) is 9.84. The monoisotopic (exact) mass is 519 g/mol. The van der Waals surface area contributed by atoms with Gasteiger partial charge in [-0.15, -0.1) is 24.0 Å². The number of hydrogen-bond acceptors (Lipinski definition) is 5. The molecule has 0 saturated carbocycles. The molecule has 29 heavy (non-hydrogen) atoms. The number of halogens is 1. The molecule has 1 amide bonds. The van der Waals surface area contributed by atoms with Crippen LogP contribution in [-0.4, -0.2) is 81.7 Å². The molecule has 1 aromatic rings. The van der Waals surface area contributed by atoms with Crippen molar-refractivity contribution in [3.8, 4) is 11.5 Å². The third kappa shape index (κ3) is 7.88. The Labute approximate surface area is 191 Å². The van der Waals surface area contributed by atoms with Crippen LogP contribution in [0.15, 0.2) is 23.2 Å². The average Bonchev–Trinajstić information content (AvgIpc) is 2.72. The second-order valence-corrected chi connectivity index (χ2v) is 6.56. The van der Waals surface area contributed by atoms with E-state index in [9.17, 15) is 4.79 Å². The normalized spacial score (nSPS) is 14.8. The van der Waals surface area contributed by atoms with Gasteiger partial charge >= 0.3 is 0 Å². The molecule has 1 aromatic carbocycles. The number of piperazine rings is 1. The average molecular weight is 519 g/mol. The first kappa shape index (κ1) is 25.3. The van der Waals surface area contributed by atoms with Crippen LogP contribution >= 0.6 is 24.0 Å². The molecule has 0 atom stereocenters. The maximum absolute atomic E-state index is 11.7. The number of carbonyl (C=O) groups is 1. The molecule has 164 valence electrons. The number of rotatable bonds is 8. The number of methoxy groups -OCH3 is 2. The number of aliphatic imine (C=N–C) groups is 1. The summed E-state index contributed by atoms with van der Waals surface area (Å²) in [6.45, 7) is 9.82. The fraction of sp³-hybridized carbons (Fsp3) is 0.600. The zero-order valence-electron chi connectivity index (χ0n) is 17.9. The van der Waals surface area contributed by atoms with Crippen molar-refractivity contribution in [1.29, 1.82) is 0 Å². The summed E-state index contributed by atoms with van der Waals surface area (Å²) in [6.07, 6.45) is 0. The molecule has 1 heterocycles. The number of guanidine groups is 1. The van der Waals surface area contributed by atoms with Gasteiger partial charge in [-0.05, 0) is 32.0 Å². The van der Waals surface area contributed by atoms with Gasteiger partial charge in [0.25, 0.3) is 0 Å². The molecule has 2 N–H and O–H groups in total. The SMILES string of the molecule is CCNC(=O)CN=C(NCC)N1CCN(Cc2cc(OC)ccc2OC)CC1.I. The molecular formula is C20H34IN5O3. The van der Waals surface area contributed by atoms with E-state index in [0.717, 1.165) is 62.3 Å². The summed E-state index contributed by atoms with van der Waals surface area (Å²) < 4.78 is 10.8. The molecule has 2 rings (SSSR count). The minimum atomic E-state index is -0.0540. The Kier molecular flexibility index (Phi) is 11.7.